The number of carbonyl (C=O) groups is 2. The molecule has 1 amide bonds. The van der Waals surface area contributed by atoms with Crippen LogP contribution in [0.15, 0.2) is 28.7 Å². The first kappa shape index (κ1) is 12.0. The number of rotatable bonds is 3. The lowest BCUT2D eigenvalue weighted by Gasteiger charge is -2.02. The topological polar surface area (TPSA) is 85.1 Å². The summed E-state index contributed by atoms with van der Waals surface area (Å²) in [4.78, 5) is 22.8. The van der Waals surface area contributed by atoms with Crippen molar-refractivity contribution in [3.8, 4) is 0 Å². The van der Waals surface area contributed by atoms with Crippen molar-refractivity contribution in [1.29, 1.82) is 0 Å². The first-order valence-electron chi connectivity index (χ1n) is 5.29. The molecule has 0 atom stereocenters. The Hall–Kier alpha value is -2.50. The highest BCUT2D eigenvalue weighted by Crippen LogP contribution is 2.11. The summed E-state index contributed by atoms with van der Waals surface area (Å²) >= 11 is 0. The SMILES string of the molecule is CC(=O)c1ccc(NC(=O)c2nnc(C)o2)cc1. The highest BCUT2D eigenvalue weighted by Gasteiger charge is 2.13. The monoisotopic (exact) mass is 245 g/mol. The molecular formula is C12H11N3O3. The largest absolute Gasteiger partial charge is 0.417 e. The second-order valence-corrected chi connectivity index (χ2v) is 3.71. The van der Waals surface area contributed by atoms with Gasteiger partial charge in [-0.15, -0.1) is 10.2 Å². The lowest BCUT2D eigenvalue weighted by atomic mass is 10.1. The number of Topliss-reactive ketones (excluding diaryl/α,β-unsaturated/α-hetero) is 1. The Morgan fingerprint density at radius 3 is 2.33 bits per heavy atom. The molecule has 0 bridgehead atoms. The molecule has 6 heteroatoms. The Bertz CT molecular complexity index is 587. The average molecular weight is 245 g/mol. The van der Waals surface area contributed by atoms with E-state index in [2.05, 4.69) is 15.5 Å². The van der Waals surface area contributed by atoms with E-state index in [0.29, 0.717) is 17.1 Å². The number of aryl methyl sites for hydroxylation is 1. The van der Waals surface area contributed by atoms with E-state index in [4.69, 9.17) is 4.42 Å². The molecule has 1 heterocycles. The van der Waals surface area contributed by atoms with Crippen LogP contribution in [0.1, 0.15) is 33.9 Å². The average Bonchev–Trinajstić information content (AvgIpc) is 2.76. The number of nitrogens with one attached hydrogen (secondary N) is 1. The van der Waals surface area contributed by atoms with Crippen LogP contribution in [0, 0.1) is 6.92 Å². The molecule has 1 aromatic heterocycles. The minimum atomic E-state index is -0.480. The lowest BCUT2D eigenvalue weighted by Crippen LogP contribution is -2.12. The summed E-state index contributed by atoms with van der Waals surface area (Å²) in [5.74, 6) is -0.276. The van der Waals surface area contributed by atoms with E-state index in [9.17, 15) is 9.59 Å². The number of nitrogens with zero attached hydrogens (tertiary/aromatic N) is 2. The quantitative estimate of drug-likeness (QED) is 0.834. The van der Waals surface area contributed by atoms with Gasteiger partial charge in [-0.1, -0.05) is 0 Å². The van der Waals surface area contributed by atoms with Crippen LogP contribution in [-0.2, 0) is 0 Å². The van der Waals surface area contributed by atoms with Crippen LogP contribution in [0.3, 0.4) is 0 Å². The van der Waals surface area contributed by atoms with Crippen molar-refractivity contribution in [3.05, 3.63) is 41.6 Å². The van der Waals surface area contributed by atoms with E-state index >= 15 is 0 Å². The molecule has 0 aliphatic rings. The Balaban J connectivity index is 2.10. The lowest BCUT2D eigenvalue weighted by molar-refractivity contribution is 0.0987. The van der Waals surface area contributed by atoms with Crippen molar-refractivity contribution in [1.82, 2.24) is 10.2 Å². The zero-order valence-electron chi connectivity index (χ0n) is 9.93. The number of amides is 1. The van der Waals surface area contributed by atoms with Crippen molar-refractivity contribution in [3.63, 3.8) is 0 Å². The third-order valence-electron chi connectivity index (χ3n) is 2.27. The van der Waals surface area contributed by atoms with Crippen LogP contribution in [0.25, 0.3) is 0 Å². The molecular weight excluding hydrogens is 234 g/mol. The Morgan fingerprint density at radius 1 is 1.17 bits per heavy atom. The maximum Gasteiger partial charge on any atom is 0.313 e. The van der Waals surface area contributed by atoms with Crippen molar-refractivity contribution < 1.29 is 14.0 Å². The summed E-state index contributed by atoms with van der Waals surface area (Å²) in [6.07, 6.45) is 0. The van der Waals surface area contributed by atoms with Gasteiger partial charge in [0, 0.05) is 18.2 Å². The summed E-state index contributed by atoms with van der Waals surface area (Å²) in [5, 5.41) is 9.76. The van der Waals surface area contributed by atoms with Crippen molar-refractivity contribution in [2.45, 2.75) is 13.8 Å². The van der Waals surface area contributed by atoms with Gasteiger partial charge in [-0.2, -0.15) is 0 Å². The third-order valence-corrected chi connectivity index (χ3v) is 2.27. The molecule has 0 saturated heterocycles. The van der Waals surface area contributed by atoms with Gasteiger partial charge in [0.05, 0.1) is 0 Å². The van der Waals surface area contributed by atoms with Gasteiger partial charge in [0.25, 0.3) is 0 Å². The first-order valence-corrected chi connectivity index (χ1v) is 5.29. The molecule has 0 aliphatic heterocycles. The fourth-order valence-electron chi connectivity index (χ4n) is 1.36. The predicted molar refractivity (Wildman–Crippen MR) is 63.4 cm³/mol. The molecule has 6 nitrogen and oxygen atoms in total. The van der Waals surface area contributed by atoms with Gasteiger partial charge in [-0.05, 0) is 31.2 Å². The van der Waals surface area contributed by atoms with E-state index in [0.717, 1.165) is 0 Å². The van der Waals surface area contributed by atoms with Crippen molar-refractivity contribution >= 4 is 17.4 Å². The van der Waals surface area contributed by atoms with Gasteiger partial charge < -0.3 is 9.73 Å². The van der Waals surface area contributed by atoms with Crippen LogP contribution in [0.4, 0.5) is 5.69 Å². The number of benzene rings is 1. The minimum absolute atomic E-state index is 0.0274. The number of aromatic nitrogens is 2. The van der Waals surface area contributed by atoms with Gasteiger partial charge in [-0.25, -0.2) is 0 Å². The molecule has 1 N–H and O–H groups in total. The molecule has 0 saturated carbocycles. The number of anilines is 1. The third kappa shape index (κ3) is 2.60. The van der Waals surface area contributed by atoms with Gasteiger partial charge in [-0.3, -0.25) is 9.59 Å². The van der Waals surface area contributed by atoms with E-state index in [-0.39, 0.29) is 11.7 Å². The first-order chi connectivity index (χ1) is 8.56. The van der Waals surface area contributed by atoms with Crippen LogP contribution in [0.2, 0.25) is 0 Å². The minimum Gasteiger partial charge on any atom is -0.417 e. The molecule has 0 aliphatic carbocycles. The zero-order valence-corrected chi connectivity index (χ0v) is 9.93. The summed E-state index contributed by atoms with van der Waals surface area (Å²) in [5.41, 5.74) is 1.14. The normalized spacial score (nSPS) is 10.1. The summed E-state index contributed by atoms with van der Waals surface area (Å²) in [6, 6.07) is 6.55. The maximum absolute atomic E-state index is 11.7. The standard InChI is InChI=1S/C12H11N3O3/c1-7(16)9-3-5-10(6-4-9)13-11(17)12-15-14-8(2)18-12/h3-6H,1-2H3,(H,13,17). The number of hydrogen-bond donors (Lipinski definition) is 1. The highest BCUT2D eigenvalue weighted by molar-refractivity contribution is 6.01. The molecule has 2 rings (SSSR count). The summed E-state index contributed by atoms with van der Waals surface area (Å²) in [7, 11) is 0. The molecule has 1 aromatic carbocycles. The highest BCUT2D eigenvalue weighted by atomic mass is 16.4. The van der Waals surface area contributed by atoms with E-state index in [1.807, 2.05) is 0 Å². The van der Waals surface area contributed by atoms with E-state index in [1.165, 1.54) is 6.92 Å². The molecule has 2 aromatic rings. The number of hydrogen-bond acceptors (Lipinski definition) is 5. The van der Waals surface area contributed by atoms with Gasteiger partial charge >= 0.3 is 11.8 Å². The second kappa shape index (κ2) is 4.79. The predicted octanol–water partition coefficient (Wildman–Crippen LogP) is 1.83. The second-order valence-electron chi connectivity index (χ2n) is 3.71. The maximum atomic E-state index is 11.7. The van der Waals surface area contributed by atoms with Crippen LogP contribution < -0.4 is 5.32 Å². The van der Waals surface area contributed by atoms with Crippen LogP contribution in [0.5, 0.6) is 0 Å². The van der Waals surface area contributed by atoms with Crippen molar-refractivity contribution in [2.75, 3.05) is 5.32 Å². The number of ketones is 1. The Morgan fingerprint density at radius 2 is 1.83 bits per heavy atom. The van der Waals surface area contributed by atoms with Gasteiger partial charge in [0.15, 0.2) is 5.78 Å². The van der Waals surface area contributed by atoms with Gasteiger partial charge in [0.2, 0.25) is 5.89 Å². The fraction of sp³-hybridized carbons (Fsp3) is 0.167. The fourth-order valence-corrected chi connectivity index (χ4v) is 1.36. The zero-order chi connectivity index (χ0) is 13.1. The molecule has 92 valence electrons. The summed E-state index contributed by atoms with van der Waals surface area (Å²) in [6.45, 7) is 3.08. The molecule has 18 heavy (non-hydrogen) atoms. The molecule has 0 fully saturated rings. The van der Waals surface area contributed by atoms with Crippen molar-refractivity contribution in [2.24, 2.45) is 0 Å². The summed E-state index contributed by atoms with van der Waals surface area (Å²) < 4.78 is 4.99. The smallest absolute Gasteiger partial charge is 0.313 e. The Labute approximate surface area is 103 Å². The molecule has 0 unspecified atom stereocenters. The molecule has 0 radical (unpaired) electrons. The van der Waals surface area contributed by atoms with E-state index in [1.54, 1.807) is 31.2 Å². The Kier molecular flexibility index (Phi) is 3.18. The van der Waals surface area contributed by atoms with E-state index < -0.39 is 5.91 Å². The molecule has 0 spiro atoms. The van der Waals surface area contributed by atoms with Crippen LogP contribution >= 0.6 is 0 Å². The number of carbonyl (C=O) groups excluding carboxylic acids is 2. The van der Waals surface area contributed by atoms with Gasteiger partial charge in [0.1, 0.15) is 0 Å². The van der Waals surface area contributed by atoms with Crippen LogP contribution in [-0.4, -0.2) is 21.9 Å².